The molecule has 0 amide bonds. The summed E-state index contributed by atoms with van der Waals surface area (Å²) in [7, 11) is 0. The fourth-order valence-electron chi connectivity index (χ4n) is 1.94. The summed E-state index contributed by atoms with van der Waals surface area (Å²) in [6.07, 6.45) is 0.983. The van der Waals surface area contributed by atoms with Crippen LogP contribution in [0.3, 0.4) is 0 Å². The zero-order valence-corrected chi connectivity index (χ0v) is 10.5. The van der Waals surface area contributed by atoms with Crippen molar-refractivity contribution >= 4 is 5.69 Å². The van der Waals surface area contributed by atoms with Crippen molar-refractivity contribution < 1.29 is 0 Å². The predicted molar refractivity (Wildman–Crippen MR) is 74.4 cm³/mol. The Hall–Kier alpha value is -1.76. The lowest BCUT2D eigenvalue weighted by Gasteiger charge is -2.14. The van der Waals surface area contributed by atoms with Crippen molar-refractivity contribution in [2.45, 2.75) is 26.3 Å². The van der Waals surface area contributed by atoms with Crippen molar-refractivity contribution in [3.63, 3.8) is 0 Å². The highest BCUT2D eigenvalue weighted by molar-refractivity contribution is 5.53. The Morgan fingerprint density at radius 1 is 0.882 bits per heavy atom. The van der Waals surface area contributed by atoms with Crippen LogP contribution in [0.2, 0.25) is 0 Å². The van der Waals surface area contributed by atoms with Gasteiger partial charge in [0, 0.05) is 11.7 Å². The van der Waals surface area contributed by atoms with Crippen molar-refractivity contribution in [1.29, 1.82) is 0 Å². The Kier molecular flexibility index (Phi) is 3.81. The molecule has 1 heteroatoms. The van der Waals surface area contributed by atoms with Gasteiger partial charge in [-0.1, -0.05) is 48.5 Å². The van der Waals surface area contributed by atoms with Crippen LogP contribution in [0.4, 0.5) is 5.69 Å². The molecule has 2 aromatic rings. The topological polar surface area (TPSA) is 12.0 Å². The molecule has 0 aliphatic rings. The number of rotatable bonds is 4. The third-order valence-electron chi connectivity index (χ3n) is 2.70. The van der Waals surface area contributed by atoms with Gasteiger partial charge in [-0.3, -0.25) is 0 Å². The van der Waals surface area contributed by atoms with Crippen LogP contribution < -0.4 is 5.32 Å². The minimum atomic E-state index is 0.465. The summed E-state index contributed by atoms with van der Waals surface area (Å²) < 4.78 is 0. The van der Waals surface area contributed by atoms with Crippen molar-refractivity contribution in [2.75, 3.05) is 5.32 Å². The van der Waals surface area contributed by atoms with Crippen LogP contribution in [0.25, 0.3) is 0 Å². The summed E-state index contributed by atoms with van der Waals surface area (Å²) in [5.74, 6) is 0. The highest BCUT2D eigenvalue weighted by atomic mass is 14.9. The van der Waals surface area contributed by atoms with E-state index in [0.29, 0.717) is 6.04 Å². The van der Waals surface area contributed by atoms with E-state index in [4.69, 9.17) is 0 Å². The zero-order valence-electron chi connectivity index (χ0n) is 10.5. The summed E-state index contributed by atoms with van der Waals surface area (Å²) in [6, 6.07) is 19.6. The third kappa shape index (κ3) is 3.35. The highest BCUT2D eigenvalue weighted by Gasteiger charge is 2.03. The summed E-state index contributed by atoms with van der Waals surface area (Å²) in [5.41, 5.74) is 3.95. The average Bonchev–Trinajstić information content (AvgIpc) is 2.32. The molecule has 0 saturated carbocycles. The molecule has 0 saturated heterocycles. The molecular formula is C16H19N. The first-order chi connectivity index (χ1) is 8.25. The first-order valence-electron chi connectivity index (χ1n) is 6.14. The van der Waals surface area contributed by atoms with Gasteiger partial charge >= 0.3 is 0 Å². The van der Waals surface area contributed by atoms with Gasteiger partial charge in [0.15, 0.2) is 0 Å². The van der Waals surface area contributed by atoms with E-state index >= 15 is 0 Å². The minimum absolute atomic E-state index is 0.465. The minimum Gasteiger partial charge on any atom is -0.383 e. The van der Waals surface area contributed by atoms with Gasteiger partial charge in [-0.05, 0) is 37.5 Å². The monoisotopic (exact) mass is 225 g/mol. The Morgan fingerprint density at radius 3 is 2.24 bits per heavy atom. The smallest absolute Gasteiger partial charge is 0.0378 e. The van der Waals surface area contributed by atoms with E-state index in [1.807, 2.05) is 0 Å². The third-order valence-corrected chi connectivity index (χ3v) is 2.70. The molecule has 0 aromatic heterocycles. The van der Waals surface area contributed by atoms with E-state index in [1.54, 1.807) is 0 Å². The first-order valence-corrected chi connectivity index (χ1v) is 6.14. The van der Waals surface area contributed by atoms with E-state index in [9.17, 15) is 0 Å². The summed E-state index contributed by atoms with van der Waals surface area (Å²) >= 11 is 0. The second kappa shape index (κ2) is 5.53. The molecule has 0 spiro atoms. The van der Waals surface area contributed by atoms with Crippen LogP contribution >= 0.6 is 0 Å². The second-order valence-corrected chi connectivity index (χ2v) is 4.62. The van der Waals surface area contributed by atoms with Gasteiger partial charge < -0.3 is 5.32 Å². The molecule has 2 aromatic carbocycles. The van der Waals surface area contributed by atoms with Crippen molar-refractivity contribution in [3.05, 3.63) is 65.7 Å². The van der Waals surface area contributed by atoms with Crippen molar-refractivity contribution in [1.82, 2.24) is 0 Å². The van der Waals surface area contributed by atoms with Crippen LogP contribution in [-0.2, 0) is 6.42 Å². The quantitative estimate of drug-likeness (QED) is 0.826. The maximum Gasteiger partial charge on any atom is 0.0378 e. The lowest BCUT2D eigenvalue weighted by atomic mass is 10.0. The van der Waals surface area contributed by atoms with Crippen molar-refractivity contribution in [2.24, 2.45) is 0 Å². The molecule has 17 heavy (non-hydrogen) atoms. The SMILES string of the molecule is CC(C)Nc1ccccc1Cc1ccccc1. The molecule has 0 atom stereocenters. The number of para-hydroxylation sites is 1. The van der Waals surface area contributed by atoms with Crippen LogP contribution in [-0.4, -0.2) is 6.04 Å². The molecule has 88 valence electrons. The molecular weight excluding hydrogens is 206 g/mol. The Morgan fingerprint density at radius 2 is 1.53 bits per heavy atom. The lowest BCUT2D eigenvalue weighted by molar-refractivity contribution is 0.895. The van der Waals surface area contributed by atoms with E-state index in [-0.39, 0.29) is 0 Å². The Balaban J connectivity index is 2.20. The van der Waals surface area contributed by atoms with Crippen LogP contribution in [0.5, 0.6) is 0 Å². The summed E-state index contributed by atoms with van der Waals surface area (Å²) in [5, 5.41) is 3.49. The molecule has 0 heterocycles. The molecule has 1 nitrogen and oxygen atoms in total. The van der Waals surface area contributed by atoms with E-state index in [1.165, 1.54) is 16.8 Å². The van der Waals surface area contributed by atoms with Gasteiger partial charge in [-0.25, -0.2) is 0 Å². The number of anilines is 1. The Labute approximate surface area is 103 Å². The largest absolute Gasteiger partial charge is 0.383 e. The molecule has 1 N–H and O–H groups in total. The number of benzene rings is 2. The molecule has 0 fully saturated rings. The first kappa shape index (κ1) is 11.7. The van der Waals surface area contributed by atoms with Crippen LogP contribution in [0.15, 0.2) is 54.6 Å². The summed E-state index contributed by atoms with van der Waals surface area (Å²) in [4.78, 5) is 0. The molecule has 0 radical (unpaired) electrons. The van der Waals surface area contributed by atoms with Gasteiger partial charge in [-0.2, -0.15) is 0 Å². The number of hydrogen-bond acceptors (Lipinski definition) is 1. The fourth-order valence-corrected chi connectivity index (χ4v) is 1.94. The number of hydrogen-bond donors (Lipinski definition) is 1. The maximum atomic E-state index is 3.49. The molecule has 0 aliphatic heterocycles. The molecule has 2 rings (SSSR count). The van der Waals surface area contributed by atoms with E-state index < -0.39 is 0 Å². The van der Waals surface area contributed by atoms with Gasteiger partial charge in [-0.15, -0.1) is 0 Å². The molecule has 0 aliphatic carbocycles. The second-order valence-electron chi connectivity index (χ2n) is 4.62. The fraction of sp³-hybridized carbons (Fsp3) is 0.250. The molecule has 0 unspecified atom stereocenters. The normalized spacial score (nSPS) is 10.5. The zero-order chi connectivity index (χ0) is 12.1. The van der Waals surface area contributed by atoms with E-state index in [2.05, 4.69) is 73.8 Å². The van der Waals surface area contributed by atoms with Crippen molar-refractivity contribution in [3.8, 4) is 0 Å². The summed E-state index contributed by atoms with van der Waals surface area (Å²) in [6.45, 7) is 4.33. The van der Waals surface area contributed by atoms with Gasteiger partial charge in [0.05, 0.1) is 0 Å². The standard InChI is InChI=1S/C16H19N/c1-13(2)17-16-11-7-6-10-15(16)12-14-8-4-3-5-9-14/h3-11,13,17H,12H2,1-2H3. The number of nitrogens with one attached hydrogen (secondary N) is 1. The Bertz CT molecular complexity index is 460. The van der Waals surface area contributed by atoms with Gasteiger partial charge in [0.2, 0.25) is 0 Å². The predicted octanol–water partition coefficient (Wildman–Crippen LogP) is 4.10. The highest BCUT2D eigenvalue weighted by Crippen LogP contribution is 2.19. The molecule has 0 bridgehead atoms. The van der Waals surface area contributed by atoms with Crippen LogP contribution in [0, 0.1) is 0 Å². The van der Waals surface area contributed by atoms with Gasteiger partial charge in [0.1, 0.15) is 0 Å². The van der Waals surface area contributed by atoms with Gasteiger partial charge in [0.25, 0.3) is 0 Å². The average molecular weight is 225 g/mol. The van der Waals surface area contributed by atoms with Crippen LogP contribution in [0.1, 0.15) is 25.0 Å². The lowest BCUT2D eigenvalue weighted by Crippen LogP contribution is -2.11. The van der Waals surface area contributed by atoms with E-state index in [0.717, 1.165) is 6.42 Å². The maximum absolute atomic E-state index is 3.49.